The molecule has 0 radical (unpaired) electrons. The maximum Gasteiger partial charge on any atom is 0.397 e. The van der Waals surface area contributed by atoms with E-state index in [2.05, 4.69) is 0 Å². The molecule has 0 unspecified atom stereocenters. The average Bonchev–Trinajstić information content (AvgIpc) is 3.15. The van der Waals surface area contributed by atoms with Gasteiger partial charge in [0.05, 0.1) is 16.4 Å². The first kappa shape index (κ1) is 20.1. The Labute approximate surface area is 167 Å². The summed E-state index contributed by atoms with van der Waals surface area (Å²) in [5, 5.41) is 0. The molecule has 1 saturated carbocycles. The van der Waals surface area contributed by atoms with Crippen LogP contribution >= 0.6 is 0 Å². The molecule has 8 heteroatoms. The fourth-order valence-corrected chi connectivity index (χ4v) is 6.51. The lowest BCUT2D eigenvalue weighted by molar-refractivity contribution is -0.238. The maximum absolute atomic E-state index is 14.5. The molecule has 3 atom stereocenters. The molecule has 0 amide bonds. The zero-order chi connectivity index (χ0) is 21.0. The molecule has 1 heterocycles. The molecule has 4 nitrogen and oxygen atoms in total. The summed E-state index contributed by atoms with van der Waals surface area (Å²) >= 11 is 0. The predicted molar refractivity (Wildman–Crippen MR) is 100 cm³/mol. The molecule has 0 N–H and O–H groups in total. The molecular formula is C21H20F3NO3S. The van der Waals surface area contributed by atoms with Gasteiger partial charge in [-0.05, 0) is 30.5 Å². The maximum atomic E-state index is 14.5. The molecule has 2 aliphatic rings. The first-order valence-electron chi connectivity index (χ1n) is 9.29. The van der Waals surface area contributed by atoms with Crippen molar-refractivity contribution in [3.05, 3.63) is 65.7 Å². The lowest BCUT2D eigenvalue weighted by Crippen LogP contribution is -2.45. The Morgan fingerprint density at radius 1 is 1.03 bits per heavy atom. The molecule has 4 rings (SSSR count). The van der Waals surface area contributed by atoms with Crippen LogP contribution in [0.2, 0.25) is 0 Å². The Kier molecular flexibility index (Phi) is 4.62. The van der Waals surface area contributed by atoms with E-state index in [1.807, 2.05) is 0 Å². The monoisotopic (exact) mass is 423 g/mol. The van der Waals surface area contributed by atoms with Gasteiger partial charge in [0.1, 0.15) is 5.78 Å². The summed E-state index contributed by atoms with van der Waals surface area (Å²) in [6.45, 7) is 1.47. The van der Waals surface area contributed by atoms with Gasteiger partial charge in [-0.1, -0.05) is 48.0 Å². The van der Waals surface area contributed by atoms with Crippen LogP contribution in [-0.4, -0.2) is 31.2 Å². The van der Waals surface area contributed by atoms with Crippen molar-refractivity contribution < 1.29 is 26.4 Å². The van der Waals surface area contributed by atoms with E-state index in [9.17, 15) is 26.4 Å². The highest BCUT2D eigenvalue weighted by molar-refractivity contribution is 7.89. The quantitative estimate of drug-likeness (QED) is 0.741. The topological polar surface area (TPSA) is 54.5 Å². The van der Waals surface area contributed by atoms with Crippen molar-refractivity contribution in [3.63, 3.8) is 0 Å². The minimum absolute atomic E-state index is 0.0485. The molecule has 1 aliphatic carbocycles. The zero-order valence-electron chi connectivity index (χ0n) is 15.7. The number of ketones is 1. The number of hydrogen-bond donors (Lipinski definition) is 0. The van der Waals surface area contributed by atoms with E-state index in [4.69, 9.17) is 0 Å². The van der Waals surface area contributed by atoms with Gasteiger partial charge in [0.25, 0.3) is 0 Å². The lowest BCUT2D eigenvalue weighted by atomic mass is 9.72. The molecular weight excluding hydrogens is 403 g/mol. The van der Waals surface area contributed by atoms with Crippen molar-refractivity contribution in [3.8, 4) is 0 Å². The van der Waals surface area contributed by atoms with E-state index >= 15 is 0 Å². The van der Waals surface area contributed by atoms with E-state index in [0.717, 1.165) is 9.87 Å². The minimum Gasteiger partial charge on any atom is -0.300 e. The molecule has 154 valence electrons. The summed E-state index contributed by atoms with van der Waals surface area (Å²) in [7, 11) is -4.19. The second-order valence-corrected chi connectivity index (χ2v) is 9.75. The number of halogens is 3. The number of carbonyl (C=O) groups is 1. The second-order valence-electron chi connectivity index (χ2n) is 7.86. The summed E-state index contributed by atoms with van der Waals surface area (Å²) in [6.07, 6.45) is -5.68. The van der Waals surface area contributed by atoms with Crippen molar-refractivity contribution in [2.75, 3.05) is 6.54 Å². The summed E-state index contributed by atoms with van der Waals surface area (Å²) < 4.78 is 71.1. The van der Waals surface area contributed by atoms with Crippen LogP contribution in [0.5, 0.6) is 0 Å². The Bertz CT molecular complexity index is 1040. The number of carbonyl (C=O) groups excluding carboxylic acids is 1. The summed E-state index contributed by atoms with van der Waals surface area (Å²) in [5.74, 6) is -1.57. The van der Waals surface area contributed by atoms with Crippen LogP contribution in [0.3, 0.4) is 0 Å². The van der Waals surface area contributed by atoms with Crippen LogP contribution in [0, 0.1) is 18.3 Å². The summed E-state index contributed by atoms with van der Waals surface area (Å²) in [6, 6.07) is 12.4. The van der Waals surface area contributed by atoms with Crippen LogP contribution in [0.4, 0.5) is 13.2 Å². The Balaban J connectivity index is 1.91. The molecule has 2 aromatic rings. The number of aryl methyl sites for hydroxylation is 1. The smallest absolute Gasteiger partial charge is 0.300 e. The standard InChI is InChI=1S/C21H20F3NO3S/c1-14-7-9-18(10-8-14)29(27,28)25-13-16-11-17(26)12-20(16,21(22,23)24)19(25)15-5-3-2-4-6-15/h2-10,16,19H,11-13H2,1H3/t16-,19-,20+/m0/s1. The first-order chi connectivity index (χ1) is 13.6. The van der Waals surface area contributed by atoms with Crippen LogP contribution in [0.1, 0.15) is 30.0 Å². The SMILES string of the molecule is Cc1ccc(S(=O)(=O)N2C[C@@H]3CC(=O)C[C@]3(C(F)(F)F)[C@@H]2c2ccccc2)cc1. The summed E-state index contributed by atoms with van der Waals surface area (Å²) in [4.78, 5) is 12.0. The van der Waals surface area contributed by atoms with Crippen molar-refractivity contribution in [1.82, 2.24) is 4.31 Å². The third kappa shape index (κ3) is 3.00. The van der Waals surface area contributed by atoms with E-state index in [-0.39, 0.29) is 23.4 Å². The van der Waals surface area contributed by atoms with Gasteiger partial charge in [-0.2, -0.15) is 17.5 Å². The van der Waals surface area contributed by atoms with E-state index in [0.29, 0.717) is 0 Å². The predicted octanol–water partition coefficient (Wildman–Crippen LogP) is 4.27. The molecule has 0 bridgehead atoms. The van der Waals surface area contributed by atoms with E-state index in [1.165, 1.54) is 24.3 Å². The number of sulfonamides is 1. The highest BCUT2D eigenvalue weighted by Crippen LogP contribution is 2.66. The molecule has 2 fully saturated rings. The molecule has 1 aliphatic heterocycles. The van der Waals surface area contributed by atoms with Crippen molar-refractivity contribution in [2.45, 2.75) is 36.9 Å². The number of nitrogens with zero attached hydrogens (tertiary/aromatic N) is 1. The minimum atomic E-state index is -4.72. The second kappa shape index (κ2) is 6.67. The highest BCUT2D eigenvalue weighted by Gasteiger charge is 2.73. The van der Waals surface area contributed by atoms with Gasteiger partial charge in [-0.25, -0.2) is 8.42 Å². The first-order valence-corrected chi connectivity index (χ1v) is 10.7. The molecule has 29 heavy (non-hydrogen) atoms. The number of hydrogen-bond acceptors (Lipinski definition) is 3. The molecule has 0 aromatic heterocycles. The van der Waals surface area contributed by atoms with Gasteiger partial charge in [-0.15, -0.1) is 0 Å². The number of benzene rings is 2. The fraction of sp³-hybridized carbons (Fsp3) is 0.381. The van der Waals surface area contributed by atoms with Crippen molar-refractivity contribution in [1.29, 1.82) is 0 Å². The third-order valence-corrected chi connectivity index (χ3v) is 7.98. The largest absolute Gasteiger partial charge is 0.397 e. The van der Waals surface area contributed by atoms with Crippen molar-refractivity contribution in [2.24, 2.45) is 11.3 Å². The molecule has 1 saturated heterocycles. The summed E-state index contributed by atoms with van der Waals surface area (Å²) in [5.41, 5.74) is -1.32. The molecule has 2 aromatic carbocycles. The number of alkyl halides is 3. The normalized spacial score (nSPS) is 27.9. The lowest BCUT2D eigenvalue weighted by Gasteiger charge is -2.38. The zero-order valence-corrected chi connectivity index (χ0v) is 16.5. The average molecular weight is 423 g/mol. The Hall–Kier alpha value is -2.19. The van der Waals surface area contributed by atoms with Gasteiger partial charge in [0.2, 0.25) is 10.0 Å². The fourth-order valence-electron chi connectivity index (χ4n) is 4.79. The van der Waals surface area contributed by atoms with Gasteiger partial charge < -0.3 is 0 Å². The molecule has 0 spiro atoms. The van der Waals surface area contributed by atoms with Crippen molar-refractivity contribution >= 4 is 15.8 Å². The number of rotatable bonds is 3. The Morgan fingerprint density at radius 2 is 1.66 bits per heavy atom. The van der Waals surface area contributed by atoms with Crippen LogP contribution in [0.25, 0.3) is 0 Å². The Morgan fingerprint density at radius 3 is 2.24 bits per heavy atom. The number of Topliss-reactive ketones (excluding diaryl/α,β-unsaturated/α-hetero) is 1. The van der Waals surface area contributed by atoms with Gasteiger partial charge in [0.15, 0.2) is 0 Å². The van der Waals surface area contributed by atoms with Crippen LogP contribution in [0.15, 0.2) is 59.5 Å². The number of fused-ring (bicyclic) bond motifs is 1. The highest BCUT2D eigenvalue weighted by atomic mass is 32.2. The van der Waals surface area contributed by atoms with E-state index < -0.39 is 45.8 Å². The van der Waals surface area contributed by atoms with Gasteiger partial charge >= 0.3 is 6.18 Å². The van der Waals surface area contributed by atoms with Gasteiger partial charge in [0, 0.05) is 19.4 Å². The van der Waals surface area contributed by atoms with E-state index in [1.54, 1.807) is 37.3 Å². The van der Waals surface area contributed by atoms with Gasteiger partial charge in [-0.3, -0.25) is 4.79 Å². The third-order valence-electron chi connectivity index (χ3n) is 6.14. The van der Waals surface area contributed by atoms with Crippen LogP contribution in [-0.2, 0) is 14.8 Å². The van der Waals surface area contributed by atoms with Crippen LogP contribution < -0.4 is 0 Å².